The highest BCUT2D eigenvalue weighted by Gasteiger charge is 2.17. The lowest BCUT2D eigenvalue weighted by Gasteiger charge is -2.12. The summed E-state index contributed by atoms with van der Waals surface area (Å²) >= 11 is 0. The van der Waals surface area contributed by atoms with Crippen molar-refractivity contribution in [3.05, 3.63) is 113 Å². The molecule has 0 aliphatic heterocycles. The number of pyridine rings is 1. The summed E-state index contributed by atoms with van der Waals surface area (Å²) < 4.78 is 42.5. The normalized spacial score (nSPS) is 11.9. The van der Waals surface area contributed by atoms with Gasteiger partial charge in [-0.2, -0.15) is 5.26 Å². The number of aliphatic hydroxyl groups excluding tert-OH is 2. The first-order valence-corrected chi connectivity index (χ1v) is 13.2. The first-order valence-electron chi connectivity index (χ1n) is 13.2. The Morgan fingerprint density at radius 2 is 1.79 bits per heavy atom. The van der Waals surface area contributed by atoms with Gasteiger partial charge in [-0.25, -0.2) is 18.7 Å². The average Bonchev–Trinajstić information content (AvgIpc) is 3.35. The smallest absolute Gasteiger partial charge is 0.214 e. The Kier molecular flexibility index (Phi) is 8.83. The third kappa shape index (κ3) is 6.29. The number of nitriles is 1. The predicted octanol–water partition coefficient (Wildman–Crippen LogP) is 5.09. The SMILES string of the molecule is COCCn1c(Cc2ccc(-c3cccc(OCc4ccc(C#N)cc4F)n3)cc2F)nc2ccc([C@@H](O)CO)cc21. The molecule has 5 aromatic rings. The summed E-state index contributed by atoms with van der Waals surface area (Å²) in [5.74, 6) is -0.0880. The zero-order chi connectivity index (χ0) is 29.6. The average molecular weight is 571 g/mol. The summed E-state index contributed by atoms with van der Waals surface area (Å²) in [6, 6.07) is 21.2. The van der Waals surface area contributed by atoms with Crippen molar-refractivity contribution in [1.82, 2.24) is 14.5 Å². The van der Waals surface area contributed by atoms with E-state index in [2.05, 4.69) is 4.98 Å². The van der Waals surface area contributed by atoms with Gasteiger partial charge in [0.1, 0.15) is 30.2 Å². The van der Waals surface area contributed by atoms with E-state index >= 15 is 4.39 Å². The molecule has 214 valence electrons. The van der Waals surface area contributed by atoms with Gasteiger partial charge in [0.2, 0.25) is 5.88 Å². The monoisotopic (exact) mass is 570 g/mol. The van der Waals surface area contributed by atoms with E-state index in [1.54, 1.807) is 55.6 Å². The maximum Gasteiger partial charge on any atom is 0.214 e. The molecule has 0 spiro atoms. The molecule has 2 N–H and O–H groups in total. The number of methoxy groups -OCH3 is 1. The molecule has 0 radical (unpaired) electrons. The third-order valence-electron chi connectivity index (χ3n) is 6.91. The molecule has 0 aliphatic carbocycles. The van der Waals surface area contributed by atoms with E-state index in [1.165, 1.54) is 18.2 Å². The molecule has 3 aromatic carbocycles. The van der Waals surface area contributed by atoms with E-state index < -0.39 is 24.3 Å². The maximum atomic E-state index is 15.4. The van der Waals surface area contributed by atoms with Crippen molar-refractivity contribution in [1.29, 1.82) is 5.26 Å². The Bertz CT molecular complexity index is 1770. The minimum absolute atomic E-state index is 0.0776. The lowest BCUT2D eigenvalue weighted by molar-refractivity contribution is 0.0957. The van der Waals surface area contributed by atoms with Crippen LogP contribution in [0, 0.1) is 23.0 Å². The molecular weight excluding hydrogens is 542 g/mol. The Labute approximate surface area is 241 Å². The standard InChI is InChI=1S/C32H28F2N4O4/c1-41-12-11-38-29-15-23(30(40)18-39)9-10-28(29)36-31(38)16-21-7-8-22(14-26(21)34)27-3-2-4-32(37-27)42-19-24-6-5-20(17-35)13-25(24)33/h2-10,13-15,30,39-40H,11-12,16,18-19H2,1H3/t30-/m0/s1. The number of fused-ring (bicyclic) bond motifs is 1. The number of rotatable bonds is 11. The second-order valence-electron chi connectivity index (χ2n) is 9.67. The lowest BCUT2D eigenvalue weighted by Crippen LogP contribution is -2.10. The van der Waals surface area contributed by atoms with Crippen LogP contribution < -0.4 is 4.74 Å². The van der Waals surface area contributed by atoms with Gasteiger partial charge in [0.05, 0.1) is 41.6 Å². The van der Waals surface area contributed by atoms with Crippen molar-refractivity contribution in [2.45, 2.75) is 25.7 Å². The van der Waals surface area contributed by atoms with Gasteiger partial charge in [-0.15, -0.1) is 0 Å². The highest BCUT2D eigenvalue weighted by Crippen LogP contribution is 2.27. The molecule has 0 bridgehead atoms. The van der Waals surface area contributed by atoms with Gasteiger partial charge in [-0.3, -0.25) is 0 Å². The van der Waals surface area contributed by atoms with E-state index in [-0.39, 0.29) is 30.0 Å². The number of hydrogen-bond donors (Lipinski definition) is 2. The van der Waals surface area contributed by atoms with Crippen LogP contribution in [-0.4, -0.2) is 45.1 Å². The van der Waals surface area contributed by atoms with Gasteiger partial charge < -0.3 is 24.3 Å². The molecule has 0 saturated heterocycles. The van der Waals surface area contributed by atoms with Crippen LogP contribution in [0.4, 0.5) is 8.78 Å². The number of hydrogen-bond acceptors (Lipinski definition) is 7. The topological polar surface area (TPSA) is 113 Å². The molecule has 10 heteroatoms. The number of aliphatic hydroxyl groups is 2. The summed E-state index contributed by atoms with van der Waals surface area (Å²) in [4.78, 5) is 9.16. The molecule has 2 aromatic heterocycles. The molecular formula is C32H28F2N4O4. The zero-order valence-electron chi connectivity index (χ0n) is 22.8. The molecule has 0 amide bonds. The molecule has 8 nitrogen and oxygen atoms in total. The lowest BCUT2D eigenvalue weighted by atomic mass is 10.1. The Hall–Kier alpha value is -4.69. The maximum absolute atomic E-state index is 15.4. The van der Waals surface area contributed by atoms with Crippen molar-refractivity contribution < 1.29 is 28.5 Å². The number of nitrogens with zero attached hydrogens (tertiary/aromatic N) is 4. The van der Waals surface area contributed by atoms with E-state index in [1.807, 2.05) is 10.6 Å². The van der Waals surface area contributed by atoms with Crippen molar-refractivity contribution in [3.63, 3.8) is 0 Å². The molecule has 2 heterocycles. The fraction of sp³-hybridized carbons (Fsp3) is 0.219. The molecule has 42 heavy (non-hydrogen) atoms. The van der Waals surface area contributed by atoms with Crippen LogP contribution in [0.2, 0.25) is 0 Å². The van der Waals surface area contributed by atoms with E-state index in [4.69, 9.17) is 19.7 Å². The quantitative estimate of drug-likeness (QED) is 0.227. The highest BCUT2D eigenvalue weighted by atomic mass is 19.1. The van der Waals surface area contributed by atoms with Crippen LogP contribution in [0.1, 0.15) is 34.2 Å². The molecule has 0 fully saturated rings. The summed E-state index contributed by atoms with van der Waals surface area (Å²) in [6.07, 6.45) is -0.793. The Morgan fingerprint density at radius 3 is 2.52 bits per heavy atom. The Morgan fingerprint density at radius 1 is 0.976 bits per heavy atom. The van der Waals surface area contributed by atoms with Gasteiger partial charge in [-0.05, 0) is 47.5 Å². The first-order chi connectivity index (χ1) is 20.4. The fourth-order valence-corrected chi connectivity index (χ4v) is 4.63. The van der Waals surface area contributed by atoms with Crippen molar-refractivity contribution >= 4 is 11.0 Å². The number of imidazole rings is 1. The van der Waals surface area contributed by atoms with Gasteiger partial charge >= 0.3 is 0 Å². The largest absolute Gasteiger partial charge is 0.473 e. The fourth-order valence-electron chi connectivity index (χ4n) is 4.63. The van der Waals surface area contributed by atoms with E-state index in [9.17, 15) is 14.6 Å². The van der Waals surface area contributed by atoms with Gasteiger partial charge in [0.15, 0.2) is 0 Å². The number of ether oxygens (including phenoxy) is 2. The van der Waals surface area contributed by atoms with Gasteiger partial charge in [0, 0.05) is 37.3 Å². The zero-order valence-corrected chi connectivity index (χ0v) is 22.8. The summed E-state index contributed by atoms with van der Waals surface area (Å²) in [6.45, 7) is 0.409. The molecule has 5 rings (SSSR count). The van der Waals surface area contributed by atoms with Gasteiger partial charge in [-0.1, -0.05) is 30.3 Å². The molecule has 0 aliphatic rings. The number of benzene rings is 3. The van der Waals surface area contributed by atoms with Crippen LogP contribution in [0.15, 0.2) is 72.8 Å². The summed E-state index contributed by atoms with van der Waals surface area (Å²) in [5.41, 5.74) is 3.98. The second-order valence-corrected chi connectivity index (χ2v) is 9.67. The summed E-state index contributed by atoms with van der Waals surface area (Å²) in [5, 5.41) is 28.4. The van der Waals surface area contributed by atoms with Crippen LogP contribution in [0.25, 0.3) is 22.3 Å². The van der Waals surface area contributed by atoms with Crippen LogP contribution in [0.3, 0.4) is 0 Å². The number of aromatic nitrogens is 3. The predicted molar refractivity (Wildman–Crippen MR) is 152 cm³/mol. The van der Waals surface area contributed by atoms with Gasteiger partial charge in [0.25, 0.3) is 0 Å². The van der Waals surface area contributed by atoms with Crippen LogP contribution in [-0.2, 0) is 24.3 Å². The Balaban J connectivity index is 1.36. The third-order valence-corrected chi connectivity index (χ3v) is 6.91. The molecule has 1 atom stereocenters. The van der Waals surface area contributed by atoms with Crippen LogP contribution in [0.5, 0.6) is 5.88 Å². The summed E-state index contributed by atoms with van der Waals surface area (Å²) in [7, 11) is 1.59. The van der Waals surface area contributed by atoms with Crippen molar-refractivity contribution in [3.8, 4) is 23.2 Å². The second kappa shape index (κ2) is 12.9. The van der Waals surface area contributed by atoms with Crippen molar-refractivity contribution in [2.24, 2.45) is 0 Å². The van der Waals surface area contributed by atoms with Crippen LogP contribution >= 0.6 is 0 Å². The van der Waals surface area contributed by atoms with E-state index in [0.717, 1.165) is 11.6 Å². The molecule has 0 unspecified atom stereocenters. The minimum atomic E-state index is -1.01. The van der Waals surface area contributed by atoms with Crippen molar-refractivity contribution in [2.75, 3.05) is 20.3 Å². The first kappa shape index (κ1) is 28.8. The van der Waals surface area contributed by atoms with E-state index in [0.29, 0.717) is 46.9 Å². The molecule has 0 saturated carbocycles. The minimum Gasteiger partial charge on any atom is -0.473 e. The number of halogens is 2. The highest BCUT2D eigenvalue weighted by molar-refractivity contribution is 5.77.